The van der Waals surface area contributed by atoms with Crippen molar-refractivity contribution in [2.75, 3.05) is 59.1 Å². The van der Waals surface area contributed by atoms with Crippen LogP contribution in [0.3, 0.4) is 0 Å². The third kappa shape index (κ3) is 6.46. The van der Waals surface area contributed by atoms with Crippen molar-refractivity contribution in [1.82, 2.24) is 9.80 Å². The van der Waals surface area contributed by atoms with E-state index in [0.29, 0.717) is 31.9 Å². The first-order chi connectivity index (χ1) is 13.6. The predicted molar refractivity (Wildman–Crippen MR) is 103 cm³/mol. The van der Waals surface area contributed by atoms with Crippen molar-refractivity contribution in [2.45, 2.75) is 18.6 Å². The van der Waals surface area contributed by atoms with Crippen LogP contribution in [0.4, 0.5) is 4.79 Å². The van der Waals surface area contributed by atoms with Crippen LogP contribution in [0.25, 0.3) is 0 Å². The van der Waals surface area contributed by atoms with Gasteiger partial charge in [-0.1, -0.05) is 12.1 Å². The van der Waals surface area contributed by atoms with Gasteiger partial charge in [-0.15, -0.1) is 0 Å². The fourth-order valence-electron chi connectivity index (χ4n) is 3.73. The van der Waals surface area contributed by atoms with Gasteiger partial charge in [0.05, 0.1) is 37.1 Å². The van der Waals surface area contributed by atoms with E-state index in [4.69, 9.17) is 25.2 Å². The molecule has 0 radical (unpaired) electrons. The molecule has 0 saturated carbocycles. The molecule has 1 amide bonds. The summed E-state index contributed by atoms with van der Waals surface area (Å²) in [7, 11) is 0. The second-order valence-corrected chi connectivity index (χ2v) is 7.24. The molecule has 8 heteroatoms. The van der Waals surface area contributed by atoms with Crippen molar-refractivity contribution in [1.29, 1.82) is 5.26 Å². The number of hydrogen-bond acceptors (Lipinski definition) is 7. The van der Waals surface area contributed by atoms with Crippen LogP contribution >= 0.6 is 0 Å². The second kappa shape index (κ2) is 10.4. The van der Waals surface area contributed by atoms with Gasteiger partial charge in [-0.05, 0) is 24.1 Å². The van der Waals surface area contributed by atoms with E-state index in [0.717, 1.165) is 39.1 Å². The Morgan fingerprint density at radius 1 is 1.07 bits per heavy atom. The molecule has 3 rings (SSSR count). The number of nitrogens with zero attached hydrogens (tertiary/aromatic N) is 3. The summed E-state index contributed by atoms with van der Waals surface area (Å²) in [6.07, 6.45) is 0.487. The van der Waals surface area contributed by atoms with Crippen LogP contribution in [-0.2, 0) is 20.6 Å². The molecule has 28 heavy (non-hydrogen) atoms. The monoisotopic (exact) mass is 388 g/mol. The lowest BCUT2D eigenvalue weighted by molar-refractivity contribution is -0.141. The lowest BCUT2D eigenvalue weighted by Gasteiger charge is -2.45. The maximum Gasteiger partial charge on any atom is 0.404 e. The predicted octanol–water partition coefficient (Wildman–Crippen LogP) is 0.598. The van der Waals surface area contributed by atoms with Gasteiger partial charge in [-0.3, -0.25) is 9.80 Å². The van der Waals surface area contributed by atoms with Gasteiger partial charge >= 0.3 is 6.09 Å². The highest BCUT2D eigenvalue weighted by atomic mass is 16.5. The number of nitriles is 1. The van der Waals surface area contributed by atoms with E-state index in [9.17, 15) is 4.79 Å². The molecular weight excluding hydrogens is 360 g/mol. The molecule has 2 saturated heterocycles. The number of fused-ring (bicyclic) bond motifs is 2. The summed E-state index contributed by atoms with van der Waals surface area (Å²) >= 11 is 0. The van der Waals surface area contributed by atoms with Crippen LogP contribution in [0.15, 0.2) is 24.3 Å². The molecule has 2 atom stereocenters. The minimum atomic E-state index is -0.723. The number of rotatable bonds is 9. The number of carbonyl (C=O) groups is 1. The van der Waals surface area contributed by atoms with Crippen molar-refractivity contribution >= 4 is 6.09 Å². The molecule has 152 valence electrons. The van der Waals surface area contributed by atoms with Crippen molar-refractivity contribution in [3.05, 3.63) is 35.4 Å². The number of nitrogens with two attached hydrogens (primary N) is 1. The quantitative estimate of drug-likeness (QED) is 0.618. The smallest absolute Gasteiger partial charge is 0.404 e. The Kier molecular flexibility index (Phi) is 7.62. The molecule has 0 aromatic heterocycles. The highest BCUT2D eigenvalue weighted by Gasteiger charge is 2.34. The van der Waals surface area contributed by atoms with Crippen molar-refractivity contribution < 1.29 is 19.0 Å². The Morgan fingerprint density at radius 2 is 1.68 bits per heavy atom. The average Bonchev–Trinajstić information content (AvgIpc) is 2.67. The van der Waals surface area contributed by atoms with E-state index in [2.05, 4.69) is 15.9 Å². The number of ether oxygens (including phenoxy) is 3. The summed E-state index contributed by atoms with van der Waals surface area (Å²) in [6, 6.07) is 9.76. The number of primary amides is 1. The maximum absolute atomic E-state index is 10.7. The van der Waals surface area contributed by atoms with Crippen LogP contribution in [0, 0.1) is 11.3 Å². The van der Waals surface area contributed by atoms with Crippen LogP contribution in [0.2, 0.25) is 0 Å². The zero-order valence-corrected chi connectivity index (χ0v) is 16.1. The van der Waals surface area contributed by atoms with Gasteiger partial charge < -0.3 is 19.9 Å². The van der Waals surface area contributed by atoms with E-state index in [-0.39, 0.29) is 12.2 Å². The Labute approximate surface area is 165 Å². The summed E-state index contributed by atoms with van der Waals surface area (Å²) < 4.78 is 16.7. The third-order valence-electron chi connectivity index (χ3n) is 5.05. The first kappa shape index (κ1) is 20.6. The summed E-state index contributed by atoms with van der Waals surface area (Å²) in [4.78, 5) is 15.3. The van der Waals surface area contributed by atoms with Gasteiger partial charge in [0.2, 0.25) is 0 Å². The first-order valence-corrected chi connectivity index (χ1v) is 9.71. The molecule has 2 heterocycles. The fourth-order valence-corrected chi connectivity index (χ4v) is 3.73. The first-order valence-electron chi connectivity index (χ1n) is 9.71. The normalized spacial score (nSPS) is 22.5. The second-order valence-electron chi connectivity index (χ2n) is 7.24. The number of benzene rings is 1. The van der Waals surface area contributed by atoms with Crippen LogP contribution in [-0.4, -0.2) is 87.2 Å². The Morgan fingerprint density at radius 3 is 2.25 bits per heavy atom. The molecular formula is C20H28N4O4. The van der Waals surface area contributed by atoms with E-state index < -0.39 is 6.09 Å². The number of morpholine rings is 2. The number of hydrogen-bond donors (Lipinski definition) is 1. The van der Waals surface area contributed by atoms with Crippen LogP contribution < -0.4 is 5.73 Å². The Hall–Kier alpha value is -2.18. The molecule has 2 fully saturated rings. The lowest BCUT2D eigenvalue weighted by Crippen LogP contribution is -2.60. The molecule has 2 aliphatic rings. The molecule has 1 aromatic carbocycles. The van der Waals surface area contributed by atoms with Gasteiger partial charge in [-0.2, -0.15) is 5.26 Å². The van der Waals surface area contributed by atoms with E-state index in [1.165, 1.54) is 5.56 Å². The van der Waals surface area contributed by atoms with Crippen LogP contribution in [0.5, 0.6) is 0 Å². The zero-order chi connectivity index (χ0) is 19.8. The molecule has 2 N–H and O–H groups in total. The van der Waals surface area contributed by atoms with Crippen molar-refractivity contribution in [2.24, 2.45) is 5.73 Å². The number of amides is 1. The standard InChI is InChI=1S/C20H28N4O4/c21-11-17-3-1-16(2-4-17)5-8-26-9-6-23-12-18-14-24(7-10-27-20(22)25)15-19(13-23)28-18/h1-4,18-19H,5-10,12-15H2,(H2,22,25). The molecule has 1 aromatic rings. The average molecular weight is 388 g/mol. The van der Waals surface area contributed by atoms with Gasteiger partial charge in [0.1, 0.15) is 6.61 Å². The third-order valence-corrected chi connectivity index (χ3v) is 5.05. The molecule has 0 spiro atoms. The van der Waals surface area contributed by atoms with E-state index in [1.54, 1.807) is 0 Å². The summed E-state index contributed by atoms with van der Waals surface area (Å²) in [6.45, 7) is 6.76. The topological polar surface area (TPSA) is 101 Å². The summed E-state index contributed by atoms with van der Waals surface area (Å²) in [5.41, 5.74) is 6.86. The van der Waals surface area contributed by atoms with Crippen LogP contribution in [0.1, 0.15) is 11.1 Å². The van der Waals surface area contributed by atoms with E-state index in [1.807, 2.05) is 24.3 Å². The largest absolute Gasteiger partial charge is 0.448 e. The summed E-state index contributed by atoms with van der Waals surface area (Å²) in [5, 5.41) is 8.82. The maximum atomic E-state index is 10.7. The van der Waals surface area contributed by atoms with Crippen molar-refractivity contribution in [3.8, 4) is 6.07 Å². The minimum Gasteiger partial charge on any atom is -0.448 e. The van der Waals surface area contributed by atoms with Gasteiger partial charge in [0, 0.05) is 39.3 Å². The minimum absolute atomic E-state index is 0.180. The highest BCUT2D eigenvalue weighted by molar-refractivity contribution is 5.64. The molecule has 8 nitrogen and oxygen atoms in total. The SMILES string of the molecule is N#Cc1ccc(CCOCCN2CC3CN(CCOC(N)=O)CC(C2)O3)cc1. The Bertz CT molecular complexity index is 662. The Balaban J connectivity index is 1.29. The highest BCUT2D eigenvalue weighted by Crippen LogP contribution is 2.18. The van der Waals surface area contributed by atoms with Gasteiger partial charge in [0.15, 0.2) is 0 Å². The number of carbonyl (C=O) groups excluding carboxylic acids is 1. The van der Waals surface area contributed by atoms with Gasteiger partial charge in [-0.25, -0.2) is 4.79 Å². The van der Waals surface area contributed by atoms with E-state index >= 15 is 0 Å². The van der Waals surface area contributed by atoms with Gasteiger partial charge in [0.25, 0.3) is 0 Å². The molecule has 2 unspecified atom stereocenters. The lowest BCUT2D eigenvalue weighted by atomic mass is 10.1. The molecule has 2 bridgehead atoms. The fraction of sp³-hybridized carbons (Fsp3) is 0.600. The molecule has 2 aliphatic heterocycles. The molecule has 0 aliphatic carbocycles. The summed E-state index contributed by atoms with van der Waals surface area (Å²) in [5.74, 6) is 0. The van der Waals surface area contributed by atoms with Crippen molar-refractivity contribution in [3.63, 3.8) is 0 Å². The zero-order valence-electron chi connectivity index (χ0n) is 16.1.